The first kappa shape index (κ1) is 21.4. The Balaban J connectivity index is 2.08. The van der Waals surface area contributed by atoms with Gasteiger partial charge in [0.15, 0.2) is 6.10 Å². The Bertz CT molecular complexity index is 883. The molecule has 2 aromatic rings. The zero-order chi connectivity index (χ0) is 20.8. The molecule has 1 amide bonds. The van der Waals surface area contributed by atoms with Gasteiger partial charge in [0.05, 0.1) is 27.6 Å². The number of anilines is 1. The average molecular weight is 406 g/mol. The highest BCUT2D eigenvalue weighted by atomic mass is 32.2. The van der Waals surface area contributed by atoms with E-state index >= 15 is 0 Å². The number of rotatable bonds is 8. The molecule has 1 aromatic carbocycles. The number of thioether (sulfide) groups is 1. The first-order valence-electron chi connectivity index (χ1n) is 8.66. The quantitative estimate of drug-likeness (QED) is 0.308. The van der Waals surface area contributed by atoms with Gasteiger partial charge in [-0.1, -0.05) is 6.92 Å². The van der Waals surface area contributed by atoms with Gasteiger partial charge in [0.2, 0.25) is 0 Å². The van der Waals surface area contributed by atoms with Crippen LogP contribution in [0.3, 0.4) is 0 Å². The van der Waals surface area contributed by atoms with E-state index in [-0.39, 0.29) is 17.3 Å². The summed E-state index contributed by atoms with van der Waals surface area (Å²) >= 11 is 1.20. The largest absolute Gasteiger partial charge is 0.449 e. The van der Waals surface area contributed by atoms with Gasteiger partial charge >= 0.3 is 5.97 Å². The normalized spacial score (nSPS) is 12.9. The lowest BCUT2D eigenvalue weighted by Crippen LogP contribution is -2.31. The highest BCUT2D eigenvalue weighted by Crippen LogP contribution is 2.28. The molecule has 0 saturated carbocycles. The Kier molecular flexibility index (Phi) is 7.16. The van der Waals surface area contributed by atoms with Crippen LogP contribution in [0.1, 0.15) is 43.6 Å². The Morgan fingerprint density at radius 3 is 2.68 bits per heavy atom. The van der Waals surface area contributed by atoms with Crippen LogP contribution in [0.25, 0.3) is 0 Å². The first-order valence-corrected chi connectivity index (χ1v) is 9.88. The molecule has 0 bridgehead atoms. The summed E-state index contributed by atoms with van der Waals surface area (Å²) in [7, 11) is 0. The third kappa shape index (κ3) is 4.89. The van der Waals surface area contributed by atoms with Crippen molar-refractivity contribution in [3.8, 4) is 0 Å². The van der Waals surface area contributed by atoms with Crippen molar-refractivity contribution >= 4 is 35.1 Å². The molecule has 1 heterocycles. The van der Waals surface area contributed by atoms with E-state index in [1.54, 1.807) is 23.2 Å². The lowest BCUT2D eigenvalue weighted by Gasteiger charge is -2.17. The maximum atomic E-state index is 12.4. The first-order chi connectivity index (χ1) is 13.3. The van der Waals surface area contributed by atoms with Crippen molar-refractivity contribution in [2.75, 3.05) is 11.6 Å². The summed E-state index contributed by atoms with van der Waals surface area (Å²) in [6.45, 7) is 5.41. The number of nitrogens with one attached hydrogen (secondary N) is 1. The fourth-order valence-corrected chi connectivity index (χ4v) is 2.95. The number of amides is 1. The Labute approximate surface area is 166 Å². The fourth-order valence-electron chi connectivity index (χ4n) is 2.41. The number of nitro groups is 1. The molecule has 1 aromatic heterocycles. The van der Waals surface area contributed by atoms with Crippen molar-refractivity contribution in [3.05, 3.63) is 46.1 Å². The highest BCUT2D eigenvalue weighted by molar-refractivity contribution is 7.98. The van der Waals surface area contributed by atoms with Crippen LogP contribution in [0, 0.1) is 10.1 Å². The zero-order valence-corrected chi connectivity index (χ0v) is 16.9. The van der Waals surface area contributed by atoms with E-state index in [2.05, 4.69) is 10.4 Å². The number of carbonyl (C=O) groups excluding carboxylic acids is 2. The number of nitro benzene ring substituents is 1. The van der Waals surface area contributed by atoms with Gasteiger partial charge in [-0.3, -0.25) is 14.9 Å². The molecule has 28 heavy (non-hydrogen) atoms. The van der Waals surface area contributed by atoms with Gasteiger partial charge in [-0.25, -0.2) is 9.48 Å². The standard InChI is InChI=1S/C18H22N4O5S/c1-5-11(2)21-16(8-9-19-21)20-17(23)12(3)27-18(24)13-6-7-15(28-4)14(10-13)22(25)26/h6-12H,5H2,1-4H3,(H,20,23)/t11-,12-/m1/s1. The molecule has 0 saturated heterocycles. The molecule has 0 aliphatic heterocycles. The van der Waals surface area contributed by atoms with Gasteiger partial charge in [0, 0.05) is 12.1 Å². The summed E-state index contributed by atoms with van der Waals surface area (Å²) in [6, 6.07) is 5.82. The second kappa shape index (κ2) is 9.36. The summed E-state index contributed by atoms with van der Waals surface area (Å²) in [5.41, 5.74) is -0.176. The van der Waals surface area contributed by atoms with Gasteiger partial charge in [-0.15, -0.1) is 11.8 Å². The minimum absolute atomic E-state index is 0.00815. The van der Waals surface area contributed by atoms with E-state index in [0.717, 1.165) is 12.5 Å². The van der Waals surface area contributed by atoms with Crippen LogP contribution < -0.4 is 5.32 Å². The van der Waals surface area contributed by atoms with Crippen LogP contribution in [0.15, 0.2) is 35.4 Å². The highest BCUT2D eigenvalue weighted by Gasteiger charge is 2.23. The fraction of sp³-hybridized carbons (Fsp3) is 0.389. The lowest BCUT2D eigenvalue weighted by atomic mass is 10.2. The smallest absolute Gasteiger partial charge is 0.339 e. The van der Waals surface area contributed by atoms with Gasteiger partial charge < -0.3 is 10.1 Å². The molecular weight excluding hydrogens is 384 g/mol. The van der Waals surface area contributed by atoms with Gasteiger partial charge in [-0.2, -0.15) is 5.10 Å². The molecule has 2 rings (SSSR count). The van der Waals surface area contributed by atoms with E-state index in [0.29, 0.717) is 10.7 Å². The Morgan fingerprint density at radius 2 is 2.07 bits per heavy atom. The van der Waals surface area contributed by atoms with E-state index in [9.17, 15) is 19.7 Å². The van der Waals surface area contributed by atoms with E-state index in [1.807, 2.05) is 13.8 Å². The lowest BCUT2D eigenvalue weighted by molar-refractivity contribution is -0.387. The topological polar surface area (TPSA) is 116 Å². The van der Waals surface area contributed by atoms with Crippen LogP contribution in [0.5, 0.6) is 0 Å². The molecule has 0 unspecified atom stereocenters. The predicted octanol–water partition coefficient (Wildman–Crippen LogP) is 3.67. The van der Waals surface area contributed by atoms with Crippen molar-refractivity contribution in [2.24, 2.45) is 0 Å². The maximum absolute atomic E-state index is 12.4. The summed E-state index contributed by atoms with van der Waals surface area (Å²) in [5.74, 6) is -0.829. The van der Waals surface area contributed by atoms with Crippen LogP contribution in [0.2, 0.25) is 0 Å². The number of hydrogen-bond acceptors (Lipinski definition) is 7. The van der Waals surface area contributed by atoms with Crippen molar-refractivity contribution < 1.29 is 19.2 Å². The number of carbonyl (C=O) groups is 2. The molecular formula is C18H22N4O5S. The van der Waals surface area contributed by atoms with Crippen molar-refractivity contribution in [3.63, 3.8) is 0 Å². The second-order valence-electron chi connectivity index (χ2n) is 6.10. The average Bonchev–Trinajstić information content (AvgIpc) is 3.14. The number of benzene rings is 1. The number of esters is 1. The molecule has 10 heteroatoms. The molecule has 150 valence electrons. The zero-order valence-electron chi connectivity index (χ0n) is 16.0. The summed E-state index contributed by atoms with van der Waals surface area (Å²) in [6.07, 6.45) is 3.02. The SMILES string of the molecule is CC[C@@H](C)n1nccc1NC(=O)[C@@H](C)OC(=O)c1ccc(SC)c([N+](=O)[O-])c1. The van der Waals surface area contributed by atoms with E-state index in [1.165, 1.54) is 30.8 Å². The second-order valence-corrected chi connectivity index (χ2v) is 6.95. The van der Waals surface area contributed by atoms with Crippen LogP contribution in [0.4, 0.5) is 11.5 Å². The molecule has 0 aliphatic carbocycles. The molecule has 0 spiro atoms. The van der Waals surface area contributed by atoms with Gasteiger partial charge in [0.1, 0.15) is 5.82 Å². The molecule has 0 aliphatic rings. The number of ether oxygens (including phenoxy) is 1. The van der Waals surface area contributed by atoms with E-state index in [4.69, 9.17) is 4.74 Å². The van der Waals surface area contributed by atoms with Crippen LogP contribution >= 0.6 is 11.8 Å². The molecule has 0 radical (unpaired) electrons. The summed E-state index contributed by atoms with van der Waals surface area (Å²) in [5, 5.41) is 18.0. The Hall–Kier alpha value is -2.88. The van der Waals surface area contributed by atoms with Crippen molar-refractivity contribution in [1.82, 2.24) is 9.78 Å². The van der Waals surface area contributed by atoms with Gasteiger partial charge in [0.25, 0.3) is 11.6 Å². The number of hydrogen-bond donors (Lipinski definition) is 1. The Morgan fingerprint density at radius 1 is 1.36 bits per heavy atom. The minimum atomic E-state index is -1.09. The minimum Gasteiger partial charge on any atom is -0.449 e. The summed E-state index contributed by atoms with van der Waals surface area (Å²) in [4.78, 5) is 35.7. The monoisotopic (exact) mass is 406 g/mol. The number of nitrogens with zero attached hydrogens (tertiary/aromatic N) is 3. The van der Waals surface area contributed by atoms with Crippen LogP contribution in [-0.4, -0.2) is 38.9 Å². The molecule has 0 fully saturated rings. The summed E-state index contributed by atoms with van der Waals surface area (Å²) < 4.78 is 6.85. The predicted molar refractivity (Wildman–Crippen MR) is 106 cm³/mol. The van der Waals surface area contributed by atoms with E-state index < -0.39 is 22.9 Å². The third-order valence-electron chi connectivity index (χ3n) is 4.19. The van der Waals surface area contributed by atoms with Crippen molar-refractivity contribution in [2.45, 2.75) is 44.2 Å². The third-order valence-corrected chi connectivity index (χ3v) is 4.98. The molecule has 9 nitrogen and oxygen atoms in total. The maximum Gasteiger partial charge on any atom is 0.339 e. The van der Waals surface area contributed by atoms with Crippen molar-refractivity contribution in [1.29, 1.82) is 0 Å². The van der Waals surface area contributed by atoms with Gasteiger partial charge in [-0.05, 0) is 38.7 Å². The van der Waals surface area contributed by atoms with Crippen LogP contribution in [-0.2, 0) is 9.53 Å². The molecule has 1 N–H and O–H groups in total. The number of aromatic nitrogens is 2. The molecule has 2 atom stereocenters.